The standard InChI is InChI=1S/C11H20N4O2S/c1-9(2)15(3)8-7-14-18(16,17)10-5-4-6-13-11(10)12/h4-6,9,14H,7-8H2,1-3H3,(H2,12,13). The summed E-state index contributed by atoms with van der Waals surface area (Å²) in [7, 11) is -1.63. The van der Waals surface area contributed by atoms with Crippen LogP contribution in [0.1, 0.15) is 13.8 Å². The number of aromatic nitrogens is 1. The zero-order valence-electron chi connectivity index (χ0n) is 10.9. The van der Waals surface area contributed by atoms with E-state index >= 15 is 0 Å². The van der Waals surface area contributed by atoms with E-state index in [1.54, 1.807) is 6.07 Å². The maximum Gasteiger partial charge on any atom is 0.244 e. The van der Waals surface area contributed by atoms with Crippen molar-refractivity contribution in [2.75, 3.05) is 25.9 Å². The summed E-state index contributed by atoms with van der Waals surface area (Å²) in [6.45, 7) is 5.07. The maximum atomic E-state index is 12.0. The average Bonchev–Trinajstić information content (AvgIpc) is 2.28. The molecule has 1 aromatic rings. The van der Waals surface area contributed by atoms with Crippen molar-refractivity contribution in [1.82, 2.24) is 14.6 Å². The number of nitrogens with two attached hydrogens (primary N) is 1. The van der Waals surface area contributed by atoms with Crippen molar-refractivity contribution in [1.29, 1.82) is 0 Å². The van der Waals surface area contributed by atoms with Gasteiger partial charge in [0.1, 0.15) is 10.7 Å². The van der Waals surface area contributed by atoms with Gasteiger partial charge >= 0.3 is 0 Å². The molecule has 6 nitrogen and oxygen atoms in total. The van der Waals surface area contributed by atoms with Crippen LogP contribution >= 0.6 is 0 Å². The van der Waals surface area contributed by atoms with Crippen LogP contribution in [0.4, 0.5) is 5.82 Å². The zero-order valence-corrected chi connectivity index (χ0v) is 11.7. The minimum Gasteiger partial charge on any atom is -0.383 e. The van der Waals surface area contributed by atoms with Crippen molar-refractivity contribution in [3.63, 3.8) is 0 Å². The van der Waals surface area contributed by atoms with E-state index in [1.165, 1.54) is 12.3 Å². The van der Waals surface area contributed by atoms with E-state index in [-0.39, 0.29) is 10.7 Å². The summed E-state index contributed by atoms with van der Waals surface area (Å²) >= 11 is 0. The van der Waals surface area contributed by atoms with E-state index < -0.39 is 10.0 Å². The van der Waals surface area contributed by atoms with Gasteiger partial charge in [-0.1, -0.05) is 0 Å². The van der Waals surface area contributed by atoms with Crippen LogP contribution in [0.5, 0.6) is 0 Å². The summed E-state index contributed by atoms with van der Waals surface area (Å²) in [6, 6.07) is 3.36. The first kappa shape index (κ1) is 14.9. The van der Waals surface area contributed by atoms with Crippen LogP contribution in [0.25, 0.3) is 0 Å². The smallest absolute Gasteiger partial charge is 0.244 e. The highest BCUT2D eigenvalue weighted by molar-refractivity contribution is 7.89. The van der Waals surface area contributed by atoms with Gasteiger partial charge in [-0.25, -0.2) is 18.1 Å². The Hall–Kier alpha value is -1.18. The predicted molar refractivity (Wildman–Crippen MR) is 71.6 cm³/mol. The van der Waals surface area contributed by atoms with Crippen LogP contribution < -0.4 is 10.5 Å². The van der Waals surface area contributed by atoms with Crippen LogP contribution in [0.2, 0.25) is 0 Å². The SMILES string of the molecule is CC(C)N(C)CCNS(=O)(=O)c1cccnc1N. The number of pyridine rings is 1. The summed E-state index contributed by atoms with van der Waals surface area (Å²) in [5, 5.41) is 0. The van der Waals surface area contributed by atoms with Gasteiger partial charge in [0.25, 0.3) is 0 Å². The molecule has 0 saturated heterocycles. The highest BCUT2D eigenvalue weighted by Crippen LogP contribution is 2.13. The Morgan fingerprint density at radius 2 is 2.17 bits per heavy atom. The molecule has 0 aliphatic carbocycles. The summed E-state index contributed by atoms with van der Waals surface area (Å²) in [4.78, 5) is 5.84. The first-order valence-corrected chi connectivity index (χ1v) is 7.23. The molecule has 18 heavy (non-hydrogen) atoms. The molecule has 0 aliphatic rings. The highest BCUT2D eigenvalue weighted by Gasteiger charge is 2.17. The molecular weight excluding hydrogens is 252 g/mol. The van der Waals surface area contributed by atoms with Crippen molar-refractivity contribution in [3.8, 4) is 0 Å². The van der Waals surface area contributed by atoms with Crippen LogP contribution in [0.15, 0.2) is 23.2 Å². The van der Waals surface area contributed by atoms with Crippen molar-refractivity contribution in [2.45, 2.75) is 24.8 Å². The zero-order chi connectivity index (χ0) is 13.8. The fourth-order valence-corrected chi connectivity index (χ4v) is 2.42. The van der Waals surface area contributed by atoms with Gasteiger partial charge in [-0.3, -0.25) is 0 Å². The summed E-state index contributed by atoms with van der Waals surface area (Å²) in [5.74, 6) is 0.0159. The number of nitrogens with one attached hydrogen (secondary N) is 1. The third-order valence-electron chi connectivity index (χ3n) is 2.73. The molecule has 0 bridgehead atoms. The molecule has 0 atom stereocenters. The number of rotatable bonds is 6. The van der Waals surface area contributed by atoms with Gasteiger partial charge in [-0.05, 0) is 33.0 Å². The number of hydrogen-bond donors (Lipinski definition) is 2. The Bertz CT molecular complexity index is 488. The van der Waals surface area contributed by atoms with E-state index in [1.807, 2.05) is 20.9 Å². The second kappa shape index (κ2) is 6.12. The van der Waals surface area contributed by atoms with Gasteiger partial charge < -0.3 is 10.6 Å². The molecular formula is C11H20N4O2S. The summed E-state index contributed by atoms with van der Waals surface area (Å²) in [5.41, 5.74) is 5.55. The van der Waals surface area contributed by atoms with Crippen molar-refractivity contribution in [2.24, 2.45) is 0 Å². The molecule has 0 aliphatic heterocycles. The van der Waals surface area contributed by atoms with Gasteiger partial charge in [-0.2, -0.15) is 0 Å². The van der Waals surface area contributed by atoms with Crippen LogP contribution in [-0.4, -0.2) is 44.5 Å². The van der Waals surface area contributed by atoms with Crippen molar-refractivity contribution < 1.29 is 8.42 Å². The molecule has 0 unspecified atom stereocenters. The predicted octanol–water partition coefficient (Wildman–Crippen LogP) is 0.282. The normalized spacial score (nSPS) is 12.3. The molecule has 102 valence electrons. The number of nitrogen functional groups attached to an aromatic ring is 1. The molecule has 7 heteroatoms. The average molecular weight is 272 g/mol. The summed E-state index contributed by atoms with van der Waals surface area (Å²) in [6.07, 6.45) is 1.46. The fourth-order valence-electron chi connectivity index (χ4n) is 1.32. The Balaban J connectivity index is 2.64. The minimum atomic E-state index is -3.58. The minimum absolute atomic E-state index is 0.0159. The molecule has 1 aromatic heterocycles. The Morgan fingerprint density at radius 3 is 2.72 bits per heavy atom. The number of hydrogen-bond acceptors (Lipinski definition) is 5. The van der Waals surface area contributed by atoms with Gasteiger partial charge in [0.05, 0.1) is 0 Å². The molecule has 0 spiro atoms. The fraction of sp³-hybridized carbons (Fsp3) is 0.545. The number of anilines is 1. The lowest BCUT2D eigenvalue weighted by Crippen LogP contribution is -2.36. The molecule has 1 heterocycles. The maximum absolute atomic E-state index is 12.0. The van der Waals surface area contributed by atoms with Crippen LogP contribution in [0.3, 0.4) is 0 Å². The highest BCUT2D eigenvalue weighted by atomic mass is 32.2. The first-order valence-electron chi connectivity index (χ1n) is 5.75. The Kier molecular flexibility index (Phi) is 5.06. The second-order valence-electron chi connectivity index (χ2n) is 4.36. The van der Waals surface area contributed by atoms with Gasteiger partial charge in [0, 0.05) is 25.3 Å². The van der Waals surface area contributed by atoms with Gasteiger partial charge in [0.2, 0.25) is 10.0 Å². The monoisotopic (exact) mass is 272 g/mol. The first-order chi connectivity index (χ1) is 8.34. The molecule has 0 radical (unpaired) electrons. The lowest BCUT2D eigenvalue weighted by atomic mass is 10.3. The quantitative estimate of drug-likeness (QED) is 0.776. The van der Waals surface area contributed by atoms with Crippen LogP contribution in [-0.2, 0) is 10.0 Å². The van der Waals surface area contributed by atoms with Crippen molar-refractivity contribution >= 4 is 15.8 Å². The second-order valence-corrected chi connectivity index (χ2v) is 6.09. The lowest BCUT2D eigenvalue weighted by Gasteiger charge is -2.20. The molecule has 0 amide bonds. The van der Waals surface area contributed by atoms with E-state index in [0.29, 0.717) is 19.1 Å². The van der Waals surface area contributed by atoms with Gasteiger partial charge in [-0.15, -0.1) is 0 Å². The van der Waals surface area contributed by atoms with E-state index in [0.717, 1.165) is 0 Å². The number of sulfonamides is 1. The van der Waals surface area contributed by atoms with Crippen molar-refractivity contribution in [3.05, 3.63) is 18.3 Å². The summed E-state index contributed by atoms with van der Waals surface area (Å²) < 4.78 is 26.4. The topological polar surface area (TPSA) is 88.3 Å². The van der Waals surface area contributed by atoms with Crippen LogP contribution in [0, 0.1) is 0 Å². The largest absolute Gasteiger partial charge is 0.383 e. The molecule has 0 fully saturated rings. The van der Waals surface area contributed by atoms with E-state index in [9.17, 15) is 8.42 Å². The van der Waals surface area contributed by atoms with E-state index in [4.69, 9.17) is 5.73 Å². The third-order valence-corrected chi connectivity index (χ3v) is 4.24. The third kappa shape index (κ3) is 3.94. The van der Waals surface area contributed by atoms with Gasteiger partial charge in [0.15, 0.2) is 0 Å². The number of nitrogens with zero attached hydrogens (tertiary/aromatic N) is 2. The Labute approximate surface area is 108 Å². The van der Waals surface area contributed by atoms with E-state index in [2.05, 4.69) is 14.6 Å². The molecule has 3 N–H and O–H groups in total. The molecule has 0 saturated carbocycles. The molecule has 0 aromatic carbocycles. The lowest BCUT2D eigenvalue weighted by molar-refractivity contribution is 0.278. The Morgan fingerprint density at radius 1 is 1.50 bits per heavy atom. The number of likely N-dealkylation sites (N-methyl/N-ethyl adjacent to an activating group) is 1. The molecule has 1 rings (SSSR count).